The molecule has 0 aliphatic carbocycles. The maximum Gasteiger partial charge on any atom is 0.414 e. The molecule has 0 unspecified atom stereocenters. The molecule has 1 N–H and O–H groups in total. The van der Waals surface area contributed by atoms with Gasteiger partial charge in [-0.3, -0.25) is 29.3 Å². The first-order valence-corrected chi connectivity index (χ1v) is 10.3. The van der Waals surface area contributed by atoms with E-state index in [4.69, 9.17) is 4.74 Å². The Bertz CT molecular complexity index is 880. The maximum absolute atomic E-state index is 15.0. The van der Waals surface area contributed by atoms with Gasteiger partial charge in [-0.05, 0) is 25.1 Å². The largest absolute Gasteiger partial charge is 0.442 e. The monoisotopic (exact) mass is 451 g/mol. The van der Waals surface area contributed by atoms with E-state index in [0.717, 1.165) is 0 Å². The number of hydrogen-bond acceptors (Lipinski definition) is 6. The molecule has 0 aromatic heterocycles. The lowest BCUT2D eigenvalue weighted by molar-refractivity contribution is -0.157. The number of nitrogens with zero attached hydrogens (tertiary/aromatic N) is 4. The number of benzene rings is 1. The first-order valence-electron chi connectivity index (χ1n) is 10.3. The molecule has 1 aliphatic rings. The van der Waals surface area contributed by atoms with Crippen molar-refractivity contribution >= 4 is 35.2 Å². The first kappa shape index (κ1) is 24.9. The average molecular weight is 451 g/mol. The first-order chi connectivity index (χ1) is 15.0. The molecule has 1 aliphatic heterocycles. The van der Waals surface area contributed by atoms with Crippen molar-refractivity contribution in [3.8, 4) is 0 Å². The second-order valence-electron chi connectivity index (χ2n) is 7.45. The maximum atomic E-state index is 15.0. The van der Waals surface area contributed by atoms with Crippen LogP contribution in [0.1, 0.15) is 27.7 Å². The summed E-state index contributed by atoms with van der Waals surface area (Å²) in [5.74, 6) is -1.34. The summed E-state index contributed by atoms with van der Waals surface area (Å²) in [6.45, 7) is 7.29. The van der Waals surface area contributed by atoms with E-state index >= 15 is 0 Å². The number of cyclic esters (lactones) is 1. The smallest absolute Gasteiger partial charge is 0.414 e. The van der Waals surface area contributed by atoms with E-state index in [2.05, 4.69) is 5.32 Å². The summed E-state index contributed by atoms with van der Waals surface area (Å²) in [5.41, 5.74) is 0.659. The van der Waals surface area contributed by atoms with Crippen molar-refractivity contribution in [3.63, 3.8) is 0 Å². The quantitative estimate of drug-likeness (QED) is 0.599. The molecule has 4 amide bonds. The van der Waals surface area contributed by atoms with E-state index in [9.17, 15) is 23.6 Å². The van der Waals surface area contributed by atoms with E-state index in [1.807, 2.05) is 6.92 Å². The van der Waals surface area contributed by atoms with Crippen LogP contribution in [-0.2, 0) is 19.1 Å². The minimum Gasteiger partial charge on any atom is -0.442 e. The van der Waals surface area contributed by atoms with Crippen LogP contribution < -0.4 is 15.1 Å². The number of ether oxygens (including phenoxy) is 1. The van der Waals surface area contributed by atoms with Gasteiger partial charge in [-0.2, -0.15) is 0 Å². The molecule has 1 aromatic rings. The highest BCUT2D eigenvalue weighted by Crippen LogP contribution is 2.28. The SMILES string of the molecule is CCN(CCN(C(C)=O)N(C)C(C)=O)c1ccc(N2C[C@H](CNC(C)=O)OC2=O)cc1F. The minimum atomic E-state index is -0.607. The summed E-state index contributed by atoms with van der Waals surface area (Å²) in [4.78, 5) is 49.8. The van der Waals surface area contributed by atoms with Crippen molar-refractivity contribution < 1.29 is 28.3 Å². The molecule has 1 atom stereocenters. The van der Waals surface area contributed by atoms with Gasteiger partial charge >= 0.3 is 6.09 Å². The number of carbonyl (C=O) groups excluding carboxylic acids is 4. The molecule has 0 saturated carbocycles. The third kappa shape index (κ3) is 6.08. The van der Waals surface area contributed by atoms with Gasteiger partial charge in [0.25, 0.3) is 0 Å². The number of hydrogen-bond donors (Lipinski definition) is 1. The van der Waals surface area contributed by atoms with Gasteiger partial charge in [-0.15, -0.1) is 0 Å². The van der Waals surface area contributed by atoms with Crippen LogP contribution >= 0.6 is 0 Å². The van der Waals surface area contributed by atoms with Crippen LogP contribution in [0.4, 0.5) is 20.6 Å². The molecule has 0 radical (unpaired) electrons. The van der Waals surface area contributed by atoms with Crippen molar-refractivity contribution in [2.45, 2.75) is 33.8 Å². The Morgan fingerprint density at radius 2 is 1.88 bits per heavy atom. The number of amides is 4. The van der Waals surface area contributed by atoms with E-state index in [1.165, 1.54) is 48.8 Å². The topological polar surface area (TPSA) is 102 Å². The Labute approximate surface area is 186 Å². The van der Waals surface area contributed by atoms with Crippen molar-refractivity contribution in [2.75, 3.05) is 49.6 Å². The predicted molar refractivity (Wildman–Crippen MR) is 116 cm³/mol. The third-order valence-corrected chi connectivity index (χ3v) is 5.18. The van der Waals surface area contributed by atoms with Gasteiger partial charge in [0.15, 0.2) is 0 Å². The molecule has 32 heavy (non-hydrogen) atoms. The Morgan fingerprint density at radius 1 is 1.19 bits per heavy atom. The van der Waals surface area contributed by atoms with Gasteiger partial charge in [0.05, 0.1) is 31.0 Å². The van der Waals surface area contributed by atoms with Crippen LogP contribution in [-0.4, -0.2) is 79.7 Å². The van der Waals surface area contributed by atoms with E-state index in [0.29, 0.717) is 24.5 Å². The van der Waals surface area contributed by atoms with Crippen LogP contribution in [0.2, 0.25) is 0 Å². The summed E-state index contributed by atoms with van der Waals surface area (Å²) in [7, 11) is 1.50. The van der Waals surface area contributed by atoms with Crippen LogP contribution in [0.3, 0.4) is 0 Å². The number of anilines is 2. The number of likely N-dealkylation sites (N-methyl/N-ethyl adjacent to an activating group) is 1. The summed E-state index contributed by atoms with van der Waals surface area (Å²) < 4.78 is 20.2. The second-order valence-corrected chi connectivity index (χ2v) is 7.45. The molecule has 1 fully saturated rings. The molecule has 0 spiro atoms. The highest BCUT2D eigenvalue weighted by Gasteiger charge is 2.33. The highest BCUT2D eigenvalue weighted by molar-refractivity contribution is 5.90. The van der Waals surface area contributed by atoms with Crippen LogP contribution in [0.15, 0.2) is 18.2 Å². The van der Waals surface area contributed by atoms with E-state index < -0.39 is 18.0 Å². The Hall–Kier alpha value is -3.37. The molecule has 176 valence electrons. The second kappa shape index (κ2) is 10.8. The fraction of sp³-hybridized carbons (Fsp3) is 0.524. The number of halogens is 1. The lowest BCUT2D eigenvalue weighted by Gasteiger charge is -2.33. The summed E-state index contributed by atoms with van der Waals surface area (Å²) in [6, 6.07) is 4.44. The van der Waals surface area contributed by atoms with E-state index in [-0.39, 0.29) is 37.4 Å². The molecule has 1 aromatic carbocycles. The summed E-state index contributed by atoms with van der Waals surface area (Å²) >= 11 is 0. The zero-order valence-electron chi connectivity index (χ0n) is 19.1. The lowest BCUT2D eigenvalue weighted by atomic mass is 10.2. The summed E-state index contributed by atoms with van der Waals surface area (Å²) in [5, 5.41) is 5.12. The standard InChI is InChI=1S/C21H30FN5O5/c1-6-25(9-10-27(16(4)30)24(5)15(3)29)20-8-7-17(11-19(20)22)26-13-18(32-21(26)31)12-23-14(2)28/h7-8,11,18H,6,9-10,12-13H2,1-5H3,(H,23,28)/t18-/m0/s1. The number of hydrazine groups is 1. The van der Waals surface area contributed by atoms with Gasteiger partial charge < -0.3 is 15.0 Å². The van der Waals surface area contributed by atoms with Crippen molar-refractivity contribution in [1.29, 1.82) is 0 Å². The van der Waals surface area contributed by atoms with Gasteiger partial charge in [0, 0.05) is 40.9 Å². The number of carbonyl (C=O) groups is 4. The van der Waals surface area contributed by atoms with E-state index in [1.54, 1.807) is 17.0 Å². The van der Waals surface area contributed by atoms with Crippen molar-refractivity contribution in [2.24, 2.45) is 0 Å². The van der Waals surface area contributed by atoms with Crippen LogP contribution in [0, 0.1) is 5.82 Å². The van der Waals surface area contributed by atoms with Gasteiger partial charge in [-0.25, -0.2) is 9.18 Å². The van der Waals surface area contributed by atoms with Crippen LogP contribution in [0.5, 0.6) is 0 Å². The Morgan fingerprint density at radius 3 is 2.41 bits per heavy atom. The Balaban J connectivity index is 2.10. The minimum absolute atomic E-state index is 0.184. The van der Waals surface area contributed by atoms with Crippen molar-refractivity contribution in [3.05, 3.63) is 24.0 Å². The number of nitrogens with one attached hydrogen (secondary N) is 1. The van der Waals surface area contributed by atoms with Gasteiger partial charge in [0.2, 0.25) is 17.7 Å². The molecular formula is C21H30FN5O5. The fourth-order valence-electron chi connectivity index (χ4n) is 3.37. The zero-order chi connectivity index (χ0) is 24.0. The number of rotatable bonds is 8. The fourth-order valence-corrected chi connectivity index (χ4v) is 3.37. The van der Waals surface area contributed by atoms with Crippen molar-refractivity contribution in [1.82, 2.24) is 15.3 Å². The normalized spacial score (nSPS) is 15.2. The molecule has 1 saturated heterocycles. The molecular weight excluding hydrogens is 421 g/mol. The zero-order valence-corrected chi connectivity index (χ0v) is 19.1. The molecule has 10 nitrogen and oxygen atoms in total. The molecule has 2 rings (SSSR count). The van der Waals surface area contributed by atoms with Gasteiger partial charge in [-0.1, -0.05) is 0 Å². The molecule has 11 heteroatoms. The molecule has 0 bridgehead atoms. The van der Waals surface area contributed by atoms with Crippen LogP contribution in [0.25, 0.3) is 0 Å². The Kier molecular flexibility index (Phi) is 8.39. The lowest BCUT2D eigenvalue weighted by Crippen LogP contribution is -2.49. The predicted octanol–water partition coefficient (Wildman–Crippen LogP) is 1.36. The highest BCUT2D eigenvalue weighted by atomic mass is 19.1. The molecule has 1 heterocycles. The third-order valence-electron chi connectivity index (χ3n) is 5.18. The summed E-state index contributed by atoms with van der Waals surface area (Å²) in [6.07, 6.45) is -1.12. The van der Waals surface area contributed by atoms with Gasteiger partial charge in [0.1, 0.15) is 11.9 Å². The average Bonchev–Trinajstić information content (AvgIpc) is 3.10.